The summed E-state index contributed by atoms with van der Waals surface area (Å²) in [5.74, 6) is 1.96. The number of benzene rings is 1. The molecule has 5 rings (SSSR count). The van der Waals surface area contributed by atoms with Crippen LogP contribution in [0.15, 0.2) is 29.6 Å². The third-order valence-corrected chi connectivity index (χ3v) is 7.65. The van der Waals surface area contributed by atoms with Gasteiger partial charge in [0, 0.05) is 40.6 Å². The molecule has 182 valence electrons. The number of aromatic nitrogens is 4. The van der Waals surface area contributed by atoms with Crippen LogP contribution >= 0.6 is 11.3 Å². The summed E-state index contributed by atoms with van der Waals surface area (Å²) in [6.45, 7) is 10.1. The molecule has 0 amide bonds. The molecule has 8 nitrogen and oxygen atoms in total. The fourth-order valence-corrected chi connectivity index (χ4v) is 5.78. The van der Waals surface area contributed by atoms with Gasteiger partial charge in [-0.2, -0.15) is 9.97 Å². The molecule has 1 aliphatic heterocycles. The normalized spacial score (nSPS) is 14.7. The highest BCUT2D eigenvalue weighted by atomic mass is 32.2. The lowest BCUT2D eigenvalue weighted by Crippen LogP contribution is -2.29. The van der Waals surface area contributed by atoms with Gasteiger partial charge in [-0.1, -0.05) is 25.2 Å². The van der Waals surface area contributed by atoms with Crippen molar-refractivity contribution < 1.29 is 9.29 Å². The molecule has 0 bridgehead atoms. The van der Waals surface area contributed by atoms with Crippen LogP contribution in [-0.4, -0.2) is 43.9 Å². The summed E-state index contributed by atoms with van der Waals surface area (Å²) in [7, 11) is 0. The van der Waals surface area contributed by atoms with E-state index >= 15 is 0 Å². The smallest absolute Gasteiger partial charge is 0.344 e. The zero-order valence-electron chi connectivity index (χ0n) is 20.5. The second kappa shape index (κ2) is 9.25. The molecule has 0 radical (unpaired) electrons. The van der Waals surface area contributed by atoms with E-state index in [-0.39, 0.29) is 5.92 Å². The summed E-state index contributed by atoms with van der Waals surface area (Å²) in [5.41, 5.74) is 12.8. The second-order valence-electron chi connectivity index (χ2n) is 9.09. The number of nitrogen functional groups attached to an aromatic ring is 1. The van der Waals surface area contributed by atoms with E-state index in [1.165, 1.54) is 11.3 Å². The maximum absolute atomic E-state index is 12.2. The molecule has 1 unspecified atom stereocenters. The number of fused-ring (bicyclic) bond motifs is 2. The number of hydrogen-bond acceptors (Lipinski definition) is 9. The Labute approximate surface area is 211 Å². The van der Waals surface area contributed by atoms with Crippen molar-refractivity contribution in [3.05, 3.63) is 46.8 Å². The minimum Gasteiger partial charge on any atom is -0.609 e. The van der Waals surface area contributed by atoms with Gasteiger partial charge in [-0.25, -0.2) is 9.97 Å². The molecule has 3 aromatic heterocycles. The standard InChI is InChI=1S/C25H28N6O2S2/c1-13(2)20-15(4)28-25(35(5)32)30-22(20)31-6-7-33-21-14(3)8-16(9-18(21)12-31)17-10-19-23(27-11-17)34-24(26)29-19/h8-11,13H,6-7,12H2,1-5H3,(H2,26,29). The fraction of sp³-hybridized carbons (Fsp3) is 0.360. The number of nitrogens with zero attached hydrogens (tertiary/aromatic N) is 5. The Bertz CT molecular complexity index is 1420. The van der Waals surface area contributed by atoms with Crippen molar-refractivity contribution in [1.82, 2.24) is 19.9 Å². The highest BCUT2D eigenvalue weighted by Crippen LogP contribution is 2.37. The first-order chi connectivity index (χ1) is 16.7. The van der Waals surface area contributed by atoms with Gasteiger partial charge in [0.05, 0.1) is 12.2 Å². The Morgan fingerprint density at radius 3 is 2.69 bits per heavy atom. The molecular weight excluding hydrogens is 480 g/mol. The van der Waals surface area contributed by atoms with E-state index in [1.807, 2.05) is 19.2 Å². The van der Waals surface area contributed by atoms with Crippen molar-refractivity contribution in [3.63, 3.8) is 0 Å². The van der Waals surface area contributed by atoms with Crippen LogP contribution in [0.4, 0.5) is 10.9 Å². The average Bonchev–Trinajstić information content (AvgIpc) is 3.03. The first-order valence-corrected chi connectivity index (χ1v) is 13.8. The van der Waals surface area contributed by atoms with Crippen LogP contribution in [0, 0.1) is 13.8 Å². The van der Waals surface area contributed by atoms with Gasteiger partial charge in [0.25, 0.3) is 0 Å². The lowest BCUT2D eigenvalue weighted by atomic mass is 9.99. The molecule has 1 atom stereocenters. The predicted octanol–water partition coefficient (Wildman–Crippen LogP) is 4.61. The van der Waals surface area contributed by atoms with Gasteiger partial charge in [-0.3, -0.25) is 0 Å². The summed E-state index contributed by atoms with van der Waals surface area (Å²) in [6.07, 6.45) is 3.48. The van der Waals surface area contributed by atoms with E-state index in [1.54, 1.807) is 6.26 Å². The first-order valence-electron chi connectivity index (χ1n) is 11.5. The number of thiazole rings is 1. The van der Waals surface area contributed by atoms with Crippen molar-refractivity contribution in [2.75, 3.05) is 30.0 Å². The zero-order chi connectivity index (χ0) is 24.9. The van der Waals surface area contributed by atoms with Crippen molar-refractivity contribution in [1.29, 1.82) is 0 Å². The van der Waals surface area contributed by atoms with E-state index in [2.05, 4.69) is 52.8 Å². The van der Waals surface area contributed by atoms with Gasteiger partial charge in [-0.15, -0.1) is 0 Å². The highest BCUT2D eigenvalue weighted by Gasteiger charge is 2.26. The summed E-state index contributed by atoms with van der Waals surface area (Å²) in [6, 6.07) is 6.31. The van der Waals surface area contributed by atoms with Gasteiger partial charge in [0.15, 0.2) is 5.13 Å². The lowest BCUT2D eigenvalue weighted by molar-refractivity contribution is 0.329. The third kappa shape index (κ3) is 4.53. The molecule has 35 heavy (non-hydrogen) atoms. The second-order valence-corrected chi connectivity index (χ2v) is 11.4. The number of anilines is 2. The predicted molar refractivity (Wildman–Crippen MR) is 142 cm³/mol. The Morgan fingerprint density at radius 1 is 1.14 bits per heavy atom. The molecule has 10 heteroatoms. The third-order valence-electron chi connectivity index (χ3n) is 6.15. The number of nitrogens with two attached hydrogens (primary N) is 1. The zero-order valence-corrected chi connectivity index (χ0v) is 22.1. The average molecular weight is 509 g/mol. The van der Waals surface area contributed by atoms with Crippen LogP contribution in [-0.2, 0) is 17.7 Å². The SMILES string of the molecule is Cc1cc(-c2cnc3sc(N)nc3c2)cc2c1OCCN(c1nc([S+](C)[O-])nc(C)c1C(C)C)C2. The van der Waals surface area contributed by atoms with Crippen LogP contribution in [0.2, 0.25) is 0 Å². The Hall–Kier alpha value is -2.95. The minimum absolute atomic E-state index is 0.226. The Kier molecular flexibility index (Phi) is 6.29. The maximum Gasteiger partial charge on any atom is 0.344 e. The Balaban J connectivity index is 1.58. The molecule has 1 aliphatic rings. The number of aryl methyl sites for hydroxylation is 2. The van der Waals surface area contributed by atoms with E-state index < -0.39 is 11.2 Å². The topological polar surface area (TPSA) is 113 Å². The Morgan fingerprint density at radius 2 is 1.94 bits per heavy atom. The molecule has 1 aromatic carbocycles. The summed E-state index contributed by atoms with van der Waals surface area (Å²) < 4.78 is 18.5. The van der Waals surface area contributed by atoms with Crippen LogP contribution < -0.4 is 15.4 Å². The summed E-state index contributed by atoms with van der Waals surface area (Å²) in [4.78, 5) is 21.3. The quantitative estimate of drug-likeness (QED) is 0.314. The van der Waals surface area contributed by atoms with Gasteiger partial charge < -0.3 is 19.9 Å². The highest BCUT2D eigenvalue weighted by molar-refractivity contribution is 7.90. The van der Waals surface area contributed by atoms with E-state index in [0.29, 0.717) is 30.0 Å². The molecular formula is C25H28N6O2S2. The van der Waals surface area contributed by atoms with Crippen LogP contribution in [0.5, 0.6) is 5.75 Å². The van der Waals surface area contributed by atoms with E-state index in [9.17, 15) is 4.55 Å². The van der Waals surface area contributed by atoms with E-state index in [0.717, 1.165) is 55.4 Å². The summed E-state index contributed by atoms with van der Waals surface area (Å²) >= 11 is 0.117. The molecule has 2 N–H and O–H groups in total. The number of rotatable bonds is 4. The molecule has 0 spiro atoms. The number of hydrogen-bond donors (Lipinski definition) is 1. The maximum atomic E-state index is 12.2. The van der Waals surface area contributed by atoms with Crippen molar-refractivity contribution >= 4 is 43.8 Å². The lowest BCUT2D eigenvalue weighted by Gasteiger charge is -2.26. The number of ether oxygens (including phenoxy) is 1. The van der Waals surface area contributed by atoms with Gasteiger partial charge >= 0.3 is 5.16 Å². The first kappa shape index (κ1) is 23.8. The fourth-order valence-electron chi connectivity index (χ4n) is 4.65. The van der Waals surface area contributed by atoms with Gasteiger partial charge in [0.1, 0.15) is 34.8 Å². The van der Waals surface area contributed by atoms with Crippen LogP contribution in [0.3, 0.4) is 0 Å². The molecule has 0 saturated heterocycles. The van der Waals surface area contributed by atoms with Gasteiger partial charge in [0.2, 0.25) is 0 Å². The molecule has 0 saturated carbocycles. The van der Waals surface area contributed by atoms with Crippen LogP contribution in [0.25, 0.3) is 21.5 Å². The van der Waals surface area contributed by atoms with Crippen LogP contribution in [0.1, 0.15) is 42.1 Å². The van der Waals surface area contributed by atoms with Gasteiger partial charge in [-0.05, 0) is 49.1 Å². The molecule has 4 aromatic rings. The largest absolute Gasteiger partial charge is 0.609 e. The molecule has 0 fully saturated rings. The molecule has 0 aliphatic carbocycles. The monoisotopic (exact) mass is 508 g/mol. The van der Waals surface area contributed by atoms with Crippen molar-refractivity contribution in [2.24, 2.45) is 0 Å². The van der Waals surface area contributed by atoms with E-state index in [4.69, 9.17) is 15.5 Å². The van der Waals surface area contributed by atoms with Crippen molar-refractivity contribution in [2.45, 2.75) is 45.3 Å². The molecule has 4 heterocycles. The minimum atomic E-state index is -1.27. The van der Waals surface area contributed by atoms with Crippen molar-refractivity contribution in [3.8, 4) is 16.9 Å². The number of pyridine rings is 1. The summed E-state index contributed by atoms with van der Waals surface area (Å²) in [5, 5.41) is 0.874.